The molecule has 61 heavy (non-hydrogen) atoms. The molecule has 2 aromatic carbocycles. The molecule has 23 heteroatoms. The first-order valence-electron chi connectivity index (χ1n) is 19.0. The van der Waals surface area contributed by atoms with Gasteiger partial charge in [-0.2, -0.15) is 0 Å². The summed E-state index contributed by atoms with van der Waals surface area (Å²) in [4.78, 5) is 107. The first-order valence-corrected chi connectivity index (χ1v) is 19.0. The highest BCUT2D eigenvalue weighted by atomic mass is 16.4. The van der Waals surface area contributed by atoms with Gasteiger partial charge in [0.25, 0.3) is 0 Å². The van der Waals surface area contributed by atoms with Crippen LogP contribution < -0.4 is 54.8 Å². The Morgan fingerprint density at radius 2 is 1.05 bits per heavy atom. The van der Waals surface area contributed by atoms with Crippen LogP contribution in [0.5, 0.6) is 11.5 Å². The van der Waals surface area contributed by atoms with E-state index in [-0.39, 0.29) is 49.7 Å². The van der Waals surface area contributed by atoms with Gasteiger partial charge in [-0.25, -0.2) is 4.79 Å². The van der Waals surface area contributed by atoms with E-state index in [0.29, 0.717) is 11.1 Å². The zero-order valence-electron chi connectivity index (χ0n) is 33.8. The van der Waals surface area contributed by atoms with Crippen molar-refractivity contribution in [2.45, 2.75) is 101 Å². The zero-order valence-corrected chi connectivity index (χ0v) is 33.8. The van der Waals surface area contributed by atoms with Gasteiger partial charge in [-0.3, -0.25) is 38.6 Å². The van der Waals surface area contributed by atoms with E-state index >= 15 is 0 Å². The summed E-state index contributed by atoms with van der Waals surface area (Å²) in [5.41, 5.74) is 23.2. The minimum Gasteiger partial charge on any atom is -0.508 e. The van der Waals surface area contributed by atoms with E-state index in [0.717, 1.165) is 6.92 Å². The number of aliphatic carboxylic acids is 1. The lowest BCUT2D eigenvalue weighted by Gasteiger charge is -2.27. The summed E-state index contributed by atoms with van der Waals surface area (Å²) >= 11 is 0. The number of rotatable bonds is 24. The summed E-state index contributed by atoms with van der Waals surface area (Å²) in [7, 11) is 0. The van der Waals surface area contributed by atoms with E-state index in [4.69, 9.17) is 22.9 Å². The van der Waals surface area contributed by atoms with Crippen molar-refractivity contribution in [3.63, 3.8) is 0 Å². The number of nitrogens with zero attached hydrogens (tertiary/aromatic N) is 1. The van der Waals surface area contributed by atoms with E-state index < -0.39 is 102 Å². The fourth-order valence-corrected chi connectivity index (χ4v) is 5.51. The summed E-state index contributed by atoms with van der Waals surface area (Å²) in [6, 6.07) is 1.42. The molecule has 23 nitrogen and oxygen atoms in total. The smallest absolute Gasteiger partial charge is 0.328 e. The van der Waals surface area contributed by atoms with Gasteiger partial charge in [-0.15, -0.1) is 0 Å². The fraction of sp³-hybridized carbons (Fsp3) is 0.447. The van der Waals surface area contributed by atoms with Crippen molar-refractivity contribution in [3.05, 3.63) is 59.7 Å². The molecular weight excluding hydrogens is 802 g/mol. The molecule has 18 N–H and O–H groups in total. The van der Waals surface area contributed by atoms with Crippen LogP contribution in [-0.4, -0.2) is 129 Å². The van der Waals surface area contributed by atoms with Crippen LogP contribution in [0, 0.1) is 0 Å². The van der Waals surface area contributed by atoms with E-state index in [1.54, 1.807) is 12.1 Å². The van der Waals surface area contributed by atoms with E-state index in [9.17, 15) is 58.8 Å². The molecule has 0 aliphatic rings. The second-order valence-corrected chi connectivity index (χ2v) is 14.2. The van der Waals surface area contributed by atoms with Crippen LogP contribution in [-0.2, 0) is 51.2 Å². The third kappa shape index (κ3) is 17.8. The van der Waals surface area contributed by atoms with Crippen LogP contribution in [0.1, 0.15) is 51.2 Å². The molecule has 0 radical (unpaired) electrons. The number of aliphatic imine (C=N–C) groups is 1. The maximum absolute atomic E-state index is 13.8. The number of carboxylic acid groups (broad SMARTS) is 1. The Morgan fingerprint density at radius 1 is 0.607 bits per heavy atom. The number of aliphatic hydroxyl groups is 1. The predicted octanol–water partition coefficient (Wildman–Crippen LogP) is -4.45. The van der Waals surface area contributed by atoms with Gasteiger partial charge in [0.15, 0.2) is 12.0 Å². The van der Waals surface area contributed by atoms with Crippen molar-refractivity contribution in [2.24, 2.45) is 27.9 Å². The second-order valence-electron chi connectivity index (χ2n) is 14.2. The number of phenolic OH excluding ortho intramolecular Hbond substituents is 2. The molecule has 0 spiro atoms. The van der Waals surface area contributed by atoms with Gasteiger partial charge in [-0.1, -0.05) is 24.3 Å². The molecule has 0 saturated carbocycles. The average molecular weight is 858 g/mol. The average Bonchev–Trinajstić information content (AvgIpc) is 3.18. The van der Waals surface area contributed by atoms with Crippen LogP contribution in [0.4, 0.5) is 0 Å². The fourth-order valence-electron chi connectivity index (χ4n) is 5.51. The van der Waals surface area contributed by atoms with Gasteiger partial charge in [0.05, 0.1) is 18.6 Å². The summed E-state index contributed by atoms with van der Waals surface area (Å²) in [6.07, 6.45) is -2.58. The van der Waals surface area contributed by atoms with E-state index in [1.165, 1.54) is 50.2 Å². The first-order chi connectivity index (χ1) is 28.6. The molecule has 2 rings (SSSR count). The topological polar surface area (TPSA) is 406 Å². The van der Waals surface area contributed by atoms with Crippen molar-refractivity contribution in [1.29, 1.82) is 0 Å². The Kier molecular flexibility index (Phi) is 19.9. The van der Waals surface area contributed by atoms with Crippen LogP contribution in [0.2, 0.25) is 0 Å². The third-order valence-electron chi connectivity index (χ3n) is 8.90. The number of aliphatic hydroxyl groups excluding tert-OH is 1. The van der Waals surface area contributed by atoms with E-state index in [2.05, 4.69) is 36.9 Å². The highest BCUT2D eigenvalue weighted by Gasteiger charge is 2.34. The number of carbonyl (C=O) groups is 8. The summed E-state index contributed by atoms with van der Waals surface area (Å²) in [5.74, 6) is -8.50. The molecule has 0 unspecified atom stereocenters. The predicted molar refractivity (Wildman–Crippen MR) is 218 cm³/mol. The number of amides is 7. The highest BCUT2D eigenvalue weighted by molar-refractivity contribution is 5.98. The Bertz CT molecular complexity index is 1890. The molecule has 0 bridgehead atoms. The van der Waals surface area contributed by atoms with Gasteiger partial charge >= 0.3 is 5.97 Å². The van der Waals surface area contributed by atoms with E-state index in [1.807, 2.05) is 0 Å². The quantitative estimate of drug-likeness (QED) is 0.0269. The Balaban J connectivity index is 2.24. The second kappa shape index (κ2) is 24.2. The molecule has 0 saturated heterocycles. The van der Waals surface area contributed by atoms with Crippen LogP contribution in [0.15, 0.2) is 53.5 Å². The van der Waals surface area contributed by atoms with Gasteiger partial charge in [0, 0.05) is 13.0 Å². The van der Waals surface area contributed by atoms with Crippen molar-refractivity contribution in [2.75, 3.05) is 6.54 Å². The standard InChI is InChI=1S/C38H55N11O12/c1-18(45-33(56)25(39)15-21-6-10-23(51)11-7-21)31(54)44-19(2)32(55)47-28(17-29(40)53)35(58)46-26(5-4-14-43-38(41)42)34(57)48-27(16-22-8-12-24(52)13-9-22)36(59)49-30(20(3)50)37(60)61/h6-13,18-20,25-28,30,50-52H,4-5,14-17,39H2,1-3H3,(H2,40,53)(H,44,54)(H,45,56)(H,46,58)(H,47,55)(H,48,57)(H,49,59)(H,60,61)(H4,41,42,43)/t18-,19-,20+,25-,26-,27-,28-,30-/m0/s1. The van der Waals surface area contributed by atoms with Gasteiger partial charge in [0.2, 0.25) is 41.4 Å². The number of benzene rings is 2. The number of carboxylic acids is 1. The lowest BCUT2D eigenvalue weighted by molar-refractivity contribution is -0.145. The maximum Gasteiger partial charge on any atom is 0.328 e. The molecule has 2 aromatic rings. The number of aromatic hydroxyl groups is 2. The molecule has 0 aliphatic heterocycles. The first kappa shape index (κ1) is 50.1. The lowest BCUT2D eigenvalue weighted by atomic mass is 10.0. The van der Waals surface area contributed by atoms with Gasteiger partial charge in [0.1, 0.15) is 41.7 Å². The van der Waals surface area contributed by atoms with Crippen LogP contribution in [0.3, 0.4) is 0 Å². The summed E-state index contributed by atoms with van der Waals surface area (Å²) in [5, 5.41) is 52.8. The third-order valence-corrected chi connectivity index (χ3v) is 8.90. The molecule has 0 fully saturated rings. The minimum absolute atomic E-state index is 0.0179. The Labute approximate surface area is 350 Å². The molecule has 0 aromatic heterocycles. The normalized spacial score (nSPS) is 14.8. The van der Waals surface area contributed by atoms with Gasteiger partial charge < -0.3 is 75.3 Å². The van der Waals surface area contributed by atoms with Crippen LogP contribution >= 0.6 is 0 Å². The zero-order chi connectivity index (χ0) is 46.0. The monoisotopic (exact) mass is 857 g/mol. The van der Waals surface area contributed by atoms with Crippen molar-refractivity contribution >= 4 is 53.3 Å². The number of phenols is 2. The lowest BCUT2D eigenvalue weighted by Crippen LogP contribution is -2.60. The summed E-state index contributed by atoms with van der Waals surface area (Å²) < 4.78 is 0. The van der Waals surface area contributed by atoms with Crippen molar-refractivity contribution in [1.82, 2.24) is 31.9 Å². The summed E-state index contributed by atoms with van der Waals surface area (Å²) in [6.45, 7) is 3.70. The molecule has 0 heterocycles. The highest BCUT2D eigenvalue weighted by Crippen LogP contribution is 2.13. The number of hydrogen-bond acceptors (Lipinski definition) is 13. The van der Waals surface area contributed by atoms with Crippen molar-refractivity contribution in [3.8, 4) is 11.5 Å². The molecular formula is C38H55N11O12. The van der Waals surface area contributed by atoms with Gasteiger partial charge in [-0.05, 0) is 75.4 Å². The molecule has 0 aliphatic carbocycles. The number of carbonyl (C=O) groups excluding carboxylic acids is 7. The number of guanidine groups is 1. The maximum atomic E-state index is 13.8. The molecule has 7 amide bonds. The Morgan fingerprint density at radius 3 is 1.54 bits per heavy atom. The minimum atomic E-state index is -1.77. The number of nitrogens with two attached hydrogens (primary N) is 4. The molecule has 8 atom stereocenters. The number of nitrogens with one attached hydrogen (secondary N) is 6. The van der Waals surface area contributed by atoms with Crippen molar-refractivity contribution < 1.29 is 58.8 Å². The number of hydrogen-bond donors (Lipinski definition) is 14. The Hall–Kier alpha value is -7.01. The molecule has 334 valence electrons. The number of primary amides is 1. The largest absolute Gasteiger partial charge is 0.508 e. The van der Waals surface area contributed by atoms with Crippen LogP contribution in [0.25, 0.3) is 0 Å². The SMILES string of the molecule is C[C@H](NC(=O)[C@H](C)NC(=O)[C@@H](N)Cc1ccc(O)cc1)C(=O)N[C@@H](CC(N)=O)C(=O)N[C@@H](CCCN=C(N)N)C(=O)N[C@@H](Cc1ccc(O)cc1)C(=O)N[C@H](C(=O)O)[C@@H](C)O.